The van der Waals surface area contributed by atoms with E-state index in [1.807, 2.05) is 12.1 Å². The van der Waals surface area contributed by atoms with Gasteiger partial charge in [0.25, 0.3) is 0 Å². The van der Waals surface area contributed by atoms with Crippen LogP contribution in [0.15, 0.2) is 20.9 Å². The first-order chi connectivity index (χ1) is 9.46. The van der Waals surface area contributed by atoms with E-state index in [2.05, 4.69) is 42.4 Å². The highest BCUT2D eigenvalue weighted by atomic mass is 32.2. The van der Waals surface area contributed by atoms with Gasteiger partial charge in [0.05, 0.1) is 12.3 Å². The molecular weight excluding hydrogens is 290 g/mol. The fourth-order valence-corrected chi connectivity index (χ4v) is 3.11. The van der Waals surface area contributed by atoms with E-state index in [-0.39, 0.29) is 5.54 Å². The maximum atomic E-state index is 5.81. The van der Waals surface area contributed by atoms with E-state index in [1.165, 1.54) is 11.5 Å². The molecule has 0 fully saturated rings. The van der Waals surface area contributed by atoms with Crippen LogP contribution in [-0.4, -0.2) is 14.9 Å². The maximum Gasteiger partial charge on any atom is 0.170 e. The van der Waals surface area contributed by atoms with E-state index in [9.17, 15) is 0 Å². The van der Waals surface area contributed by atoms with Gasteiger partial charge in [-0.05, 0) is 44.4 Å². The summed E-state index contributed by atoms with van der Waals surface area (Å²) in [5.74, 6) is 3.68. The van der Waals surface area contributed by atoms with E-state index in [4.69, 9.17) is 4.42 Å². The van der Waals surface area contributed by atoms with E-state index >= 15 is 0 Å². The summed E-state index contributed by atoms with van der Waals surface area (Å²) in [4.78, 5) is 4.44. The van der Waals surface area contributed by atoms with Gasteiger partial charge in [0.1, 0.15) is 17.3 Å². The number of nitrogens with zero attached hydrogens (tertiary/aromatic N) is 2. The van der Waals surface area contributed by atoms with Crippen molar-refractivity contribution < 1.29 is 4.42 Å². The van der Waals surface area contributed by atoms with Crippen LogP contribution in [-0.2, 0) is 18.7 Å². The highest BCUT2D eigenvalue weighted by Gasteiger charge is 2.11. The summed E-state index contributed by atoms with van der Waals surface area (Å²) in [5, 5.41) is 3.42. The predicted octanol–water partition coefficient (Wildman–Crippen LogP) is 3.87. The highest BCUT2D eigenvalue weighted by Crippen LogP contribution is 2.25. The Hall–Kier alpha value is -0.850. The van der Waals surface area contributed by atoms with Crippen molar-refractivity contribution in [3.63, 3.8) is 0 Å². The van der Waals surface area contributed by atoms with E-state index in [0.717, 1.165) is 40.4 Å². The normalized spacial score (nSPS) is 12.0. The lowest BCUT2D eigenvalue weighted by Gasteiger charge is -2.19. The maximum absolute atomic E-state index is 5.81. The number of rotatable bonds is 6. The topological polar surface area (TPSA) is 51.0 Å². The largest absolute Gasteiger partial charge is 0.464 e. The number of hydrogen-bond acceptors (Lipinski definition) is 6. The van der Waals surface area contributed by atoms with Gasteiger partial charge in [-0.15, -0.1) is 0 Å². The second-order valence-corrected chi connectivity index (χ2v) is 7.56. The standard InChI is InChI=1S/C14H21N3OS2/c1-5-12-16-13(20-17-12)19-9-11-7-6-10(18-11)8-15-14(2,3)4/h6-7,15H,5,8-9H2,1-4H3. The van der Waals surface area contributed by atoms with Gasteiger partial charge in [-0.2, -0.15) is 4.37 Å². The monoisotopic (exact) mass is 311 g/mol. The van der Waals surface area contributed by atoms with Gasteiger partial charge < -0.3 is 9.73 Å². The first-order valence-electron chi connectivity index (χ1n) is 6.74. The molecule has 0 aromatic carbocycles. The van der Waals surface area contributed by atoms with Gasteiger partial charge in [-0.1, -0.05) is 18.7 Å². The van der Waals surface area contributed by atoms with Crippen LogP contribution in [0.5, 0.6) is 0 Å². The molecule has 110 valence electrons. The summed E-state index contributed by atoms with van der Waals surface area (Å²) in [6.45, 7) is 9.26. The van der Waals surface area contributed by atoms with Crippen molar-refractivity contribution in [3.05, 3.63) is 29.5 Å². The lowest BCUT2D eigenvalue weighted by Crippen LogP contribution is -2.34. The molecule has 0 amide bonds. The third-order valence-corrected chi connectivity index (χ3v) is 4.51. The van der Waals surface area contributed by atoms with Crippen molar-refractivity contribution in [2.75, 3.05) is 0 Å². The molecule has 0 aliphatic carbocycles. The first kappa shape index (κ1) is 15.5. The zero-order valence-electron chi connectivity index (χ0n) is 12.4. The average molecular weight is 311 g/mol. The van der Waals surface area contributed by atoms with Crippen LogP contribution in [0.2, 0.25) is 0 Å². The molecule has 20 heavy (non-hydrogen) atoms. The molecule has 2 rings (SSSR count). The zero-order valence-corrected chi connectivity index (χ0v) is 14.0. The van der Waals surface area contributed by atoms with Crippen molar-refractivity contribution >= 4 is 23.3 Å². The van der Waals surface area contributed by atoms with Crippen LogP contribution >= 0.6 is 23.3 Å². The van der Waals surface area contributed by atoms with Crippen LogP contribution in [0.1, 0.15) is 45.0 Å². The Morgan fingerprint density at radius 2 is 2.05 bits per heavy atom. The van der Waals surface area contributed by atoms with Gasteiger partial charge in [-0.3, -0.25) is 0 Å². The molecule has 2 aromatic rings. The summed E-state index contributed by atoms with van der Waals surface area (Å²) in [6, 6.07) is 4.07. The molecule has 0 spiro atoms. The molecule has 0 unspecified atom stereocenters. The van der Waals surface area contributed by atoms with Crippen LogP contribution in [0.25, 0.3) is 0 Å². The SMILES string of the molecule is CCc1nsc(SCc2ccc(CNC(C)(C)C)o2)n1. The Morgan fingerprint density at radius 3 is 2.70 bits per heavy atom. The molecule has 0 bridgehead atoms. The minimum absolute atomic E-state index is 0.102. The summed E-state index contributed by atoms with van der Waals surface area (Å²) in [7, 11) is 0. The van der Waals surface area contributed by atoms with Gasteiger partial charge in [0.15, 0.2) is 4.34 Å². The molecule has 0 radical (unpaired) electrons. The Kier molecular flexibility index (Phi) is 5.23. The summed E-state index contributed by atoms with van der Waals surface area (Å²) >= 11 is 3.14. The number of aromatic nitrogens is 2. The average Bonchev–Trinajstić information content (AvgIpc) is 3.02. The Morgan fingerprint density at radius 1 is 1.30 bits per heavy atom. The van der Waals surface area contributed by atoms with Gasteiger partial charge in [-0.25, -0.2) is 4.98 Å². The summed E-state index contributed by atoms with van der Waals surface area (Å²) < 4.78 is 11.1. The second kappa shape index (κ2) is 6.74. The minimum Gasteiger partial charge on any atom is -0.464 e. The number of aryl methyl sites for hydroxylation is 1. The fraction of sp³-hybridized carbons (Fsp3) is 0.571. The van der Waals surface area contributed by atoms with E-state index in [1.54, 1.807) is 11.8 Å². The van der Waals surface area contributed by atoms with Crippen molar-refractivity contribution in [1.82, 2.24) is 14.7 Å². The van der Waals surface area contributed by atoms with Gasteiger partial charge in [0, 0.05) is 12.0 Å². The van der Waals surface area contributed by atoms with Crippen molar-refractivity contribution in [2.24, 2.45) is 0 Å². The van der Waals surface area contributed by atoms with Gasteiger partial charge in [0.2, 0.25) is 0 Å². The lowest BCUT2D eigenvalue weighted by molar-refractivity contribution is 0.382. The molecule has 4 nitrogen and oxygen atoms in total. The molecule has 6 heteroatoms. The molecule has 0 aliphatic heterocycles. The molecular formula is C14H21N3OS2. The lowest BCUT2D eigenvalue weighted by atomic mass is 10.1. The van der Waals surface area contributed by atoms with Crippen molar-refractivity contribution in [2.45, 2.75) is 56.3 Å². The van der Waals surface area contributed by atoms with Crippen LogP contribution in [0.4, 0.5) is 0 Å². The minimum atomic E-state index is 0.102. The van der Waals surface area contributed by atoms with E-state index < -0.39 is 0 Å². The van der Waals surface area contributed by atoms with Gasteiger partial charge >= 0.3 is 0 Å². The zero-order chi connectivity index (χ0) is 14.6. The predicted molar refractivity (Wildman–Crippen MR) is 84.1 cm³/mol. The van der Waals surface area contributed by atoms with E-state index in [0.29, 0.717) is 0 Å². The Bertz CT molecular complexity index is 543. The van der Waals surface area contributed by atoms with Crippen LogP contribution < -0.4 is 5.32 Å². The van der Waals surface area contributed by atoms with Crippen molar-refractivity contribution in [3.8, 4) is 0 Å². The Balaban J connectivity index is 1.83. The third-order valence-electron chi connectivity index (χ3n) is 2.61. The van der Waals surface area contributed by atoms with Crippen LogP contribution in [0.3, 0.4) is 0 Å². The number of hydrogen-bond donors (Lipinski definition) is 1. The highest BCUT2D eigenvalue weighted by molar-refractivity contribution is 8.00. The number of nitrogens with one attached hydrogen (secondary N) is 1. The third kappa shape index (κ3) is 4.92. The molecule has 0 saturated heterocycles. The molecule has 1 N–H and O–H groups in total. The molecule has 0 atom stereocenters. The number of furan rings is 1. The quantitative estimate of drug-likeness (QED) is 0.821. The van der Waals surface area contributed by atoms with Crippen molar-refractivity contribution in [1.29, 1.82) is 0 Å². The Labute approximate surface area is 128 Å². The molecule has 2 aromatic heterocycles. The summed E-state index contributed by atoms with van der Waals surface area (Å²) in [5.41, 5.74) is 0.102. The number of thioether (sulfide) groups is 1. The molecule has 2 heterocycles. The second-order valence-electron chi connectivity index (χ2n) is 5.59. The van der Waals surface area contributed by atoms with Crippen LogP contribution in [0, 0.1) is 0 Å². The summed E-state index contributed by atoms with van der Waals surface area (Å²) in [6.07, 6.45) is 0.889. The fourth-order valence-electron chi connectivity index (χ4n) is 1.52. The molecule has 0 aliphatic rings. The first-order valence-corrected chi connectivity index (χ1v) is 8.50. The molecule has 0 saturated carbocycles. The smallest absolute Gasteiger partial charge is 0.170 e.